The molecular formula is C19H23FN4O4S. The van der Waals surface area contributed by atoms with Crippen molar-refractivity contribution in [1.29, 1.82) is 0 Å². The van der Waals surface area contributed by atoms with E-state index in [1.165, 1.54) is 25.1 Å². The van der Waals surface area contributed by atoms with E-state index in [1.807, 2.05) is 0 Å². The molecule has 1 atom stereocenters. The van der Waals surface area contributed by atoms with E-state index < -0.39 is 38.4 Å². The van der Waals surface area contributed by atoms with Crippen LogP contribution in [0.1, 0.15) is 24.8 Å². The van der Waals surface area contributed by atoms with E-state index in [1.54, 1.807) is 0 Å². The van der Waals surface area contributed by atoms with Crippen molar-refractivity contribution < 1.29 is 22.3 Å². The standard InChI is InChI=1S/C19H23FN4O4S/c1-3-4-8-19(22-23-19)9-10-21-18(25)15-13-24(11-12-28-15)29(26,27)16-7-5-6-14(2)17(16)20/h1,5-7,15H,4,8-13H2,2H3,(H,21,25). The SMILES string of the molecule is C#CCCC1(CCNC(=O)C2CN(S(=O)(=O)c3cccc(C)c3F)CCO2)N=N1. The molecule has 1 aromatic rings. The van der Waals surface area contributed by atoms with Gasteiger partial charge in [-0.15, -0.1) is 12.3 Å². The zero-order chi connectivity index (χ0) is 21.1. The van der Waals surface area contributed by atoms with Crippen molar-refractivity contribution in [2.45, 2.75) is 42.8 Å². The second kappa shape index (κ2) is 8.57. The van der Waals surface area contributed by atoms with E-state index in [9.17, 15) is 17.6 Å². The number of carbonyl (C=O) groups excluding carboxylic acids is 1. The van der Waals surface area contributed by atoms with Gasteiger partial charge in [0.05, 0.1) is 6.61 Å². The van der Waals surface area contributed by atoms with E-state index in [2.05, 4.69) is 21.5 Å². The third kappa shape index (κ3) is 4.80. The lowest BCUT2D eigenvalue weighted by atomic mass is 10.0. The number of morpholine rings is 1. The molecule has 8 nitrogen and oxygen atoms in total. The zero-order valence-electron chi connectivity index (χ0n) is 16.1. The van der Waals surface area contributed by atoms with Gasteiger partial charge >= 0.3 is 0 Å². The number of sulfonamides is 1. The molecule has 2 aliphatic heterocycles. The molecule has 156 valence electrons. The van der Waals surface area contributed by atoms with Gasteiger partial charge in [-0.2, -0.15) is 14.5 Å². The summed E-state index contributed by atoms with van der Waals surface area (Å²) in [6.07, 6.45) is 5.98. The highest BCUT2D eigenvalue weighted by atomic mass is 32.2. The van der Waals surface area contributed by atoms with E-state index in [4.69, 9.17) is 11.2 Å². The molecule has 2 heterocycles. The summed E-state index contributed by atoms with van der Waals surface area (Å²) in [5.74, 6) is 1.33. The molecule has 0 bridgehead atoms. The largest absolute Gasteiger partial charge is 0.366 e. The summed E-state index contributed by atoms with van der Waals surface area (Å²) in [5, 5.41) is 10.7. The molecule has 1 aromatic carbocycles. The third-order valence-electron chi connectivity index (χ3n) is 4.97. The van der Waals surface area contributed by atoms with Crippen LogP contribution in [0.2, 0.25) is 0 Å². The van der Waals surface area contributed by atoms with Crippen molar-refractivity contribution in [1.82, 2.24) is 9.62 Å². The molecule has 0 aliphatic carbocycles. The Kier molecular flexibility index (Phi) is 6.31. The average molecular weight is 422 g/mol. The fourth-order valence-electron chi connectivity index (χ4n) is 3.13. The van der Waals surface area contributed by atoms with Gasteiger partial charge in [-0.1, -0.05) is 12.1 Å². The molecule has 0 saturated carbocycles. The van der Waals surface area contributed by atoms with Crippen LogP contribution in [0, 0.1) is 25.1 Å². The quantitative estimate of drug-likeness (QED) is 0.643. The number of rotatable bonds is 8. The van der Waals surface area contributed by atoms with E-state index in [0.29, 0.717) is 25.8 Å². The van der Waals surface area contributed by atoms with Gasteiger partial charge < -0.3 is 10.1 Å². The van der Waals surface area contributed by atoms with Crippen molar-refractivity contribution in [3.63, 3.8) is 0 Å². The Hall–Kier alpha value is -2.35. The molecule has 2 aliphatic rings. The average Bonchev–Trinajstić information content (AvgIpc) is 3.48. The number of nitrogens with one attached hydrogen (secondary N) is 1. The maximum atomic E-state index is 14.3. The molecule has 0 aromatic heterocycles. The van der Waals surface area contributed by atoms with Gasteiger partial charge in [-0.3, -0.25) is 4.79 Å². The number of halogens is 1. The highest BCUT2D eigenvalue weighted by molar-refractivity contribution is 7.89. The Morgan fingerprint density at radius 1 is 1.45 bits per heavy atom. The van der Waals surface area contributed by atoms with Crippen LogP contribution in [0.15, 0.2) is 33.3 Å². The Bertz CT molecular complexity index is 951. The highest BCUT2D eigenvalue weighted by Crippen LogP contribution is 2.36. The lowest BCUT2D eigenvalue weighted by Gasteiger charge is -2.31. The highest BCUT2D eigenvalue weighted by Gasteiger charge is 2.39. The van der Waals surface area contributed by atoms with Crippen LogP contribution in [0.5, 0.6) is 0 Å². The second-order valence-corrected chi connectivity index (χ2v) is 8.94. The first-order valence-corrected chi connectivity index (χ1v) is 10.8. The van der Waals surface area contributed by atoms with Gasteiger partial charge in [-0.25, -0.2) is 12.8 Å². The molecule has 1 saturated heterocycles. The van der Waals surface area contributed by atoms with Gasteiger partial charge in [0.25, 0.3) is 5.91 Å². The van der Waals surface area contributed by atoms with Crippen LogP contribution in [-0.2, 0) is 19.6 Å². The minimum absolute atomic E-state index is 0.0432. The van der Waals surface area contributed by atoms with Crippen LogP contribution in [0.25, 0.3) is 0 Å². The smallest absolute Gasteiger partial charge is 0.250 e. The van der Waals surface area contributed by atoms with Crippen LogP contribution in [0.3, 0.4) is 0 Å². The third-order valence-corrected chi connectivity index (χ3v) is 6.86. The normalized spacial score (nSPS) is 20.8. The predicted octanol–water partition coefficient (Wildman–Crippen LogP) is 1.61. The summed E-state index contributed by atoms with van der Waals surface area (Å²) in [5.41, 5.74) is -0.270. The Morgan fingerprint density at radius 2 is 2.21 bits per heavy atom. The first-order chi connectivity index (χ1) is 13.8. The van der Waals surface area contributed by atoms with Crippen molar-refractivity contribution in [2.24, 2.45) is 10.2 Å². The van der Waals surface area contributed by atoms with E-state index in [0.717, 1.165) is 4.31 Å². The molecular weight excluding hydrogens is 399 g/mol. The summed E-state index contributed by atoms with van der Waals surface area (Å²) in [6, 6.07) is 4.21. The van der Waals surface area contributed by atoms with E-state index >= 15 is 0 Å². The van der Waals surface area contributed by atoms with Gasteiger partial charge in [0.15, 0.2) is 5.66 Å². The monoisotopic (exact) mass is 422 g/mol. The maximum absolute atomic E-state index is 14.3. The molecule has 1 amide bonds. The van der Waals surface area contributed by atoms with Crippen LogP contribution in [-0.4, -0.2) is 56.6 Å². The Morgan fingerprint density at radius 3 is 2.90 bits per heavy atom. The summed E-state index contributed by atoms with van der Waals surface area (Å²) >= 11 is 0. The zero-order valence-corrected chi connectivity index (χ0v) is 16.9. The number of benzene rings is 1. The predicted molar refractivity (Wildman–Crippen MR) is 103 cm³/mol. The van der Waals surface area contributed by atoms with Crippen LogP contribution >= 0.6 is 0 Å². The summed E-state index contributed by atoms with van der Waals surface area (Å²) in [7, 11) is -4.08. The number of hydrogen-bond acceptors (Lipinski definition) is 6. The number of aryl methyl sites for hydroxylation is 1. The molecule has 10 heteroatoms. The second-order valence-electron chi connectivity index (χ2n) is 7.04. The first-order valence-electron chi connectivity index (χ1n) is 9.31. The lowest BCUT2D eigenvalue weighted by molar-refractivity contribution is -0.136. The fraction of sp³-hybridized carbons (Fsp3) is 0.526. The maximum Gasteiger partial charge on any atom is 0.250 e. The Balaban J connectivity index is 1.58. The Labute approximate surface area is 169 Å². The first kappa shape index (κ1) is 21.4. The van der Waals surface area contributed by atoms with Crippen LogP contribution < -0.4 is 5.32 Å². The van der Waals surface area contributed by atoms with Gasteiger partial charge in [-0.05, 0) is 18.6 Å². The molecule has 1 unspecified atom stereocenters. The number of hydrogen-bond donors (Lipinski definition) is 1. The number of carbonyl (C=O) groups is 1. The molecule has 29 heavy (non-hydrogen) atoms. The van der Waals surface area contributed by atoms with Crippen molar-refractivity contribution in [3.05, 3.63) is 29.6 Å². The fourth-order valence-corrected chi connectivity index (χ4v) is 4.69. The number of amides is 1. The lowest BCUT2D eigenvalue weighted by Crippen LogP contribution is -2.51. The molecule has 0 radical (unpaired) electrons. The topological polar surface area (TPSA) is 100 Å². The van der Waals surface area contributed by atoms with E-state index in [-0.39, 0.29) is 25.3 Å². The van der Waals surface area contributed by atoms with Crippen molar-refractivity contribution >= 4 is 15.9 Å². The minimum Gasteiger partial charge on any atom is -0.366 e. The molecule has 1 N–H and O–H groups in total. The minimum atomic E-state index is -4.08. The number of terminal acetylenes is 1. The van der Waals surface area contributed by atoms with Gasteiger partial charge in [0.1, 0.15) is 16.8 Å². The van der Waals surface area contributed by atoms with Gasteiger partial charge in [0.2, 0.25) is 10.0 Å². The molecule has 3 rings (SSSR count). The van der Waals surface area contributed by atoms with Gasteiger partial charge in [0, 0.05) is 38.9 Å². The van der Waals surface area contributed by atoms with Crippen LogP contribution in [0.4, 0.5) is 4.39 Å². The van der Waals surface area contributed by atoms with Crippen molar-refractivity contribution in [3.8, 4) is 12.3 Å². The van der Waals surface area contributed by atoms with Crippen molar-refractivity contribution in [2.75, 3.05) is 26.2 Å². The summed E-state index contributed by atoms with van der Waals surface area (Å²) < 4.78 is 46.5. The summed E-state index contributed by atoms with van der Waals surface area (Å²) in [4.78, 5) is 12.0. The molecule has 1 fully saturated rings. The molecule has 0 spiro atoms. The number of nitrogens with zero attached hydrogens (tertiary/aromatic N) is 3. The number of ether oxygens (including phenoxy) is 1. The summed E-state index contributed by atoms with van der Waals surface area (Å²) in [6.45, 7) is 1.72.